The van der Waals surface area contributed by atoms with Crippen molar-refractivity contribution in [1.82, 2.24) is 0 Å². The largest absolute Gasteiger partial charge is 0.310 e. The monoisotopic (exact) mass is 725 g/mol. The second-order valence-electron chi connectivity index (χ2n) is 14.6. The smallest absolute Gasteiger partial charge is 0.0468 e. The highest BCUT2D eigenvalue weighted by Gasteiger charge is 2.17. The first-order chi connectivity index (χ1) is 28.2. The van der Waals surface area contributed by atoms with Crippen LogP contribution in [0.1, 0.15) is 0 Å². The van der Waals surface area contributed by atoms with Crippen molar-refractivity contribution >= 4 is 38.6 Å². The number of nitrogens with zero attached hydrogens (tertiary/aromatic N) is 1. The number of fused-ring (bicyclic) bond motifs is 2. The summed E-state index contributed by atoms with van der Waals surface area (Å²) >= 11 is 0. The van der Waals surface area contributed by atoms with Crippen LogP contribution < -0.4 is 4.90 Å². The lowest BCUT2D eigenvalue weighted by Crippen LogP contribution is -2.10. The Morgan fingerprint density at radius 1 is 0.193 bits per heavy atom. The average molecular weight is 726 g/mol. The molecule has 0 atom stereocenters. The van der Waals surface area contributed by atoms with Gasteiger partial charge < -0.3 is 4.90 Å². The van der Waals surface area contributed by atoms with Crippen LogP contribution in [0.3, 0.4) is 0 Å². The zero-order chi connectivity index (χ0) is 38.0. The Labute approximate surface area is 334 Å². The first-order valence-corrected chi connectivity index (χ1v) is 19.6. The fraction of sp³-hybridized carbons (Fsp3) is 0. The Kier molecular flexibility index (Phi) is 8.95. The molecule has 0 fully saturated rings. The van der Waals surface area contributed by atoms with Crippen LogP contribution in [-0.2, 0) is 0 Å². The summed E-state index contributed by atoms with van der Waals surface area (Å²) in [6.45, 7) is 0. The van der Waals surface area contributed by atoms with Crippen molar-refractivity contribution in [2.24, 2.45) is 0 Å². The van der Waals surface area contributed by atoms with Gasteiger partial charge in [0.25, 0.3) is 0 Å². The van der Waals surface area contributed by atoms with Crippen LogP contribution in [0.25, 0.3) is 77.2 Å². The van der Waals surface area contributed by atoms with Gasteiger partial charge in [0.05, 0.1) is 0 Å². The van der Waals surface area contributed by atoms with E-state index >= 15 is 0 Å². The Bertz CT molecular complexity index is 2970. The minimum absolute atomic E-state index is 1.09. The van der Waals surface area contributed by atoms with Gasteiger partial charge in [0.2, 0.25) is 0 Å². The molecule has 0 radical (unpaired) electrons. The van der Waals surface area contributed by atoms with Gasteiger partial charge in [-0.15, -0.1) is 0 Å². The molecule has 0 spiro atoms. The molecular weight excluding hydrogens is 687 g/mol. The van der Waals surface area contributed by atoms with E-state index in [1.807, 2.05) is 0 Å². The number of anilines is 3. The fourth-order valence-corrected chi connectivity index (χ4v) is 8.04. The summed E-state index contributed by atoms with van der Waals surface area (Å²) in [4.78, 5) is 2.38. The molecule has 0 amide bonds. The second-order valence-corrected chi connectivity index (χ2v) is 14.6. The molecule has 0 unspecified atom stereocenters. The van der Waals surface area contributed by atoms with Crippen LogP contribution in [0.15, 0.2) is 237 Å². The summed E-state index contributed by atoms with van der Waals surface area (Å²) in [5.74, 6) is 0. The van der Waals surface area contributed by atoms with Crippen LogP contribution >= 0.6 is 0 Å². The summed E-state index contributed by atoms with van der Waals surface area (Å²) in [6, 6.07) is 85.7. The lowest BCUT2D eigenvalue weighted by molar-refractivity contribution is 1.28. The lowest BCUT2D eigenvalue weighted by atomic mass is 9.92. The number of hydrogen-bond donors (Lipinski definition) is 0. The van der Waals surface area contributed by atoms with Crippen LogP contribution in [0.2, 0.25) is 0 Å². The number of rotatable bonds is 8. The van der Waals surface area contributed by atoms with E-state index in [1.54, 1.807) is 0 Å². The maximum atomic E-state index is 2.38. The predicted molar refractivity (Wildman–Crippen MR) is 243 cm³/mol. The van der Waals surface area contributed by atoms with E-state index in [9.17, 15) is 0 Å². The maximum Gasteiger partial charge on any atom is 0.0468 e. The molecule has 0 aliphatic rings. The average Bonchev–Trinajstić information content (AvgIpc) is 3.30. The third-order valence-corrected chi connectivity index (χ3v) is 11.1. The van der Waals surface area contributed by atoms with E-state index in [2.05, 4.69) is 241 Å². The van der Waals surface area contributed by atoms with Gasteiger partial charge in [-0.2, -0.15) is 0 Å². The molecule has 10 aromatic rings. The molecular formula is C56H39N. The molecule has 0 aromatic heterocycles. The van der Waals surface area contributed by atoms with Crippen molar-refractivity contribution in [3.8, 4) is 55.6 Å². The molecule has 1 heteroatoms. The second kappa shape index (κ2) is 15.0. The first kappa shape index (κ1) is 34.0. The van der Waals surface area contributed by atoms with Crippen molar-refractivity contribution in [3.05, 3.63) is 237 Å². The standard InChI is InChI=1S/C56H39N/c1-3-11-40(12-4-1)43-27-31-52(32-28-43)57(53-33-29-45(30-34-53)51-26-22-42-14-8-10-18-49(42)38-51)54-35-36-55(46-15-5-2-6-16-46)56(39-54)47-23-19-44(20-24-47)50-25-21-41-13-7-9-17-48(41)37-50/h1-39H. The molecule has 57 heavy (non-hydrogen) atoms. The molecule has 0 saturated heterocycles. The molecule has 10 rings (SSSR count). The predicted octanol–water partition coefficient (Wildman–Crippen LogP) is 15.8. The normalized spacial score (nSPS) is 11.2. The van der Waals surface area contributed by atoms with E-state index in [0.717, 1.165) is 17.1 Å². The van der Waals surface area contributed by atoms with Gasteiger partial charge in [-0.1, -0.05) is 188 Å². The van der Waals surface area contributed by atoms with E-state index < -0.39 is 0 Å². The summed E-state index contributed by atoms with van der Waals surface area (Å²) in [5.41, 5.74) is 15.2. The number of benzene rings is 10. The van der Waals surface area contributed by atoms with Crippen LogP contribution in [-0.4, -0.2) is 0 Å². The van der Waals surface area contributed by atoms with Crippen molar-refractivity contribution in [2.75, 3.05) is 4.90 Å². The Hall–Kier alpha value is -7.48. The van der Waals surface area contributed by atoms with Gasteiger partial charge in [-0.05, 0) is 126 Å². The molecule has 0 heterocycles. The Morgan fingerprint density at radius 2 is 0.544 bits per heavy atom. The molecule has 0 saturated carbocycles. The van der Waals surface area contributed by atoms with Gasteiger partial charge in [0.1, 0.15) is 0 Å². The van der Waals surface area contributed by atoms with E-state index in [0.29, 0.717) is 0 Å². The quantitative estimate of drug-likeness (QED) is 0.151. The Morgan fingerprint density at radius 3 is 1.07 bits per heavy atom. The summed E-state index contributed by atoms with van der Waals surface area (Å²) in [5, 5.41) is 5.00. The highest BCUT2D eigenvalue weighted by molar-refractivity contribution is 5.92. The van der Waals surface area contributed by atoms with Crippen molar-refractivity contribution in [1.29, 1.82) is 0 Å². The van der Waals surface area contributed by atoms with Gasteiger partial charge in [0.15, 0.2) is 0 Å². The SMILES string of the molecule is c1ccc(-c2ccc(N(c3ccc(-c4ccc5ccccc5c4)cc3)c3ccc(-c4ccccc4)c(-c4ccc(-c5ccc6ccccc6c5)cc4)c3)cc2)cc1. The van der Waals surface area contributed by atoms with Gasteiger partial charge >= 0.3 is 0 Å². The van der Waals surface area contributed by atoms with Gasteiger partial charge in [-0.3, -0.25) is 0 Å². The van der Waals surface area contributed by atoms with Crippen molar-refractivity contribution in [3.63, 3.8) is 0 Å². The summed E-state index contributed by atoms with van der Waals surface area (Å²) in [7, 11) is 0. The minimum atomic E-state index is 1.09. The first-order valence-electron chi connectivity index (χ1n) is 19.6. The maximum absolute atomic E-state index is 2.38. The summed E-state index contributed by atoms with van der Waals surface area (Å²) < 4.78 is 0. The Balaban J connectivity index is 1.08. The van der Waals surface area contributed by atoms with Crippen LogP contribution in [0.5, 0.6) is 0 Å². The molecule has 0 aliphatic carbocycles. The molecule has 0 aliphatic heterocycles. The van der Waals surface area contributed by atoms with Crippen molar-refractivity contribution < 1.29 is 0 Å². The van der Waals surface area contributed by atoms with E-state index in [4.69, 9.17) is 0 Å². The van der Waals surface area contributed by atoms with Gasteiger partial charge in [-0.25, -0.2) is 0 Å². The zero-order valence-corrected chi connectivity index (χ0v) is 31.5. The van der Waals surface area contributed by atoms with Crippen LogP contribution in [0, 0.1) is 0 Å². The topological polar surface area (TPSA) is 3.24 Å². The third kappa shape index (κ3) is 6.88. The van der Waals surface area contributed by atoms with Crippen LogP contribution in [0.4, 0.5) is 17.1 Å². The highest BCUT2D eigenvalue weighted by Crippen LogP contribution is 2.42. The molecule has 10 aromatic carbocycles. The molecule has 0 bridgehead atoms. The number of hydrogen-bond acceptors (Lipinski definition) is 1. The highest BCUT2D eigenvalue weighted by atomic mass is 15.1. The lowest BCUT2D eigenvalue weighted by Gasteiger charge is -2.27. The van der Waals surface area contributed by atoms with Crippen molar-refractivity contribution in [2.45, 2.75) is 0 Å². The summed E-state index contributed by atoms with van der Waals surface area (Å²) in [6.07, 6.45) is 0. The molecule has 268 valence electrons. The molecule has 0 N–H and O–H groups in total. The fourth-order valence-electron chi connectivity index (χ4n) is 8.04. The van der Waals surface area contributed by atoms with E-state index in [1.165, 1.54) is 77.2 Å². The minimum Gasteiger partial charge on any atom is -0.310 e. The van der Waals surface area contributed by atoms with E-state index in [-0.39, 0.29) is 0 Å². The zero-order valence-electron chi connectivity index (χ0n) is 31.5. The van der Waals surface area contributed by atoms with Gasteiger partial charge in [0, 0.05) is 17.1 Å². The molecule has 1 nitrogen and oxygen atoms in total. The third-order valence-electron chi connectivity index (χ3n) is 11.1.